The van der Waals surface area contributed by atoms with E-state index < -0.39 is 9.84 Å². The van der Waals surface area contributed by atoms with E-state index in [0.29, 0.717) is 11.5 Å². The van der Waals surface area contributed by atoms with Gasteiger partial charge in [-0.3, -0.25) is 4.31 Å². The molecule has 0 fully saturated rings. The molecule has 0 amide bonds. The Bertz CT molecular complexity index is 1310. The van der Waals surface area contributed by atoms with Gasteiger partial charge in [0.15, 0.2) is 9.84 Å². The molecule has 166 valence electrons. The Morgan fingerprint density at radius 3 is 2.56 bits per heavy atom. The molecular formula is C23H24N4O3S2. The number of nitrogens with zero attached hydrogens (tertiary/aromatic N) is 4. The van der Waals surface area contributed by atoms with Crippen molar-refractivity contribution in [3.63, 3.8) is 0 Å². The molecule has 0 N–H and O–H groups in total. The molecule has 0 bridgehead atoms. The molecule has 0 unspecified atom stereocenters. The normalized spacial score (nSPS) is 16.1. The number of anilines is 1. The molecule has 32 heavy (non-hydrogen) atoms. The Hall–Kier alpha value is -2.78. The van der Waals surface area contributed by atoms with Crippen molar-refractivity contribution in [2.24, 2.45) is 0 Å². The standard InChI is InChI=1S/C23H24N4O3S2/c1-15(2)27-23(24-14-25-27)26-13-20-19-12-17(6-9-21(19)30-11-10-22(20)31-26)16-4-7-18(8-5-16)32(3,28)29/h4-9,12,14-15H,10-11,13H2,1-3H3. The maximum Gasteiger partial charge on any atom is 0.234 e. The van der Waals surface area contributed by atoms with Gasteiger partial charge in [0.2, 0.25) is 5.95 Å². The van der Waals surface area contributed by atoms with E-state index in [0.717, 1.165) is 41.4 Å². The van der Waals surface area contributed by atoms with Crippen molar-refractivity contribution in [1.29, 1.82) is 0 Å². The van der Waals surface area contributed by atoms with Gasteiger partial charge in [-0.2, -0.15) is 10.1 Å². The Balaban J connectivity index is 1.50. The van der Waals surface area contributed by atoms with Crippen LogP contribution in [0.2, 0.25) is 0 Å². The third kappa shape index (κ3) is 3.80. The number of hydrogen-bond acceptors (Lipinski definition) is 7. The van der Waals surface area contributed by atoms with Gasteiger partial charge in [-0.1, -0.05) is 18.2 Å². The first kappa shape index (κ1) is 21.1. The van der Waals surface area contributed by atoms with Crippen LogP contribution >= 0.6 is 11.9 Å². The lowest BCUT2D eigenvalue weighted by molar-refractivity contribution is 0.326. The summed E-state index contributed by atoms with van der Waals surface area (Å²) in [5.41, 5.74) is 4.31. The maximum absolute atomic E-state index is 11.8. The molecule has 0 spiro atoms. The summed E-state index contributed by atoms with van der Waals surface area (Å²) >= 11 is 1.71. The molecule has 0 atom stereocenters. The van der Waals surface area contributed by atoms with E-state index in [1.807, 2.05) is 28.9 Å². The fourth-order valence-corrected chi connectivity index (χ4v) is 5.76. The molecular weight excluding hydrogens is 444 g/mol. The zero-order valence-electron chi connectivity index (χ0n) is 18.1. The second-order valence-corrected chi connectivity index (χ2v) is 11.4. The van der Waals surface area contributed by atoms with Crippen molar-refractivity contribution in [3.8, 4) is 16.9 Å². The average Bonchev–Trinajstić information content (AvgIpc) is 3.37. The molecule has 0 aliphatic carbocycles. The van der Waals surface area contributed by atoms with E-state index in [-0.39, 0.29) is 6.04 Å². The summed E-state index contributed by atoms with van der Waals surface area (Å²) in [4.78, 5) is 6.10. The fourth-order valence-electron chi connectivity index (χ4n) is 4.00. The Morgan fingerprint density at radius 1 is 1.09 bits per heavy atom. The highest BCUT2D eigenvalue weighted by molar-refractivity contribution is 8.04. The Labute approximate surface area is 192 Å². The van der Waals surface area contributed by atoms with E-state index in [2.05, 4.69) is 34.3 Å². The Kier molecular flexibility index (Phi) is 5.25. The van der Waals surface area contributed by atoms with Gasteiger partial charge in [0.25, 0.3) is 0 Å². The summed E-state index contributed by atoms with van der Waals surface area (Å²) < 4.78 is 33.8. The van der Waals surface area contributed by atoms with Gasteiger partial charge in [-0.15, -0.1) is 0 Å². The second-order valence-electron chi connectivity index (χ2n) is 8.23. The van der Waals surface area contributed by atoms with E-state index >= 15 is 0 Å². The number of fused-ring (bicyclic) bond motifs is 2. The first-order valence-electron chi connectivity index (χ1n) is 10.5. The van der Waals surface area contributed by atoms with Crippen LogP contribution in [0.3, 0.4) is 0 Å². The summed E-state index contributed by atoms with van der Waals surface area (Å²) in [5, 5.41) is 4.38. The highest BCUT2D eigenvalue weighted by Gasteiger charge is 2.31. The summed E-state index contributed by atoms with van der Waals surface area (Å²) in [7, 11) is -3.22. The van der Waals surface area contributed by atoms with Crippen molar-refractivity contribution < 1.29 is 13.2 Å². The van der Waals surface area contributed by atoms with Gasteiger partial charge < -0.3 is 4.74 Å². The minimum Gasteiger partial charge on any atom is -0.493 e. The summed E-state index contributed by atoms with van der Waals surface area (Å²) in [6.45, 7) is 5.55. The van der Waals surface area contributed by atoms with E-state index in [1.54, 1.807) is 30.4 Å². The summed E-state index contributed by atoms with van der Waals surface area (Å²) in [6, 6.07) is 13.4. The van der Waals surface area contributed by atoms with Crippen LogP contribution in [0.1, 0.15) is 31.9 Å². The minimum absolute atomic E-state index is 0.227. The highest BCUT2D eigenvalue weighted by atomic mass is 32.2. The lowest BCUT2D eigenvalue weighted by Gasteiger charge is -2.20. The molecule has 0 saturated heterocycles. The Morgan fingerprint density at radius 2 is 1.84 bits per heavy atom. The van der Waals surface area contributed by atoms with Gasteiger partial charge in [0.05, 0.1) is 24.1 Å². The van der Waals surface area contributed by atoms with Crippen LogP contribution in [0, 0.1) is 0 Å². The van der Waals surface area contributed by atoms with Gasteiger partial charge >= 0.3 is 0 Å². The summed E-state index contributed by atoms with van der Waals surface area (Å²) in [5.74, 6) is 1.73. The molecule has 9 heteroatoms. The van der Waals surface area contributed by atoms with Crippen LogP contribution in [-0.4, -0.2) is 42.6 Å². The molecule has 3 heterocycles. The van der Waals surface area contributed by atoms with Crippen LogP contribution in [0.15, 0.2) is 58.6 Å². The van der Waals surface area contributed by atoms with Crippen LogP contribution in [-0.2, 0) is 9.84 Å². The molecule has 2 aliphatic heterocycles. The topological polar surface area (TPSA) is 77.3 Å². The zero-order chi connectivity index (χ0) is 22.5. The van der Waals surface area contributed by atoms with Crippen molar-refractivity contribution in [1.82, 2.24) is 14.8 Å². The number of hydrogen-bond donors (Lipinski definition) is 0. The largest absolute Gasteiger partial charge is 0.493 e. The first-order valence-corrected chi connectivity index (χ1v) is 13.1. The quantitative estimate of drug-likeness (QED) is 0.518. The van der Waals surface area contributed by atoms with E-state index in [9.17, 15) is 8.42 Å². The lowest BCUT2D eigenvalue weighted by atomic mass is 9.97. The third-order valence-electron chi connectivity index (χ3n) is 5.63. The van der Waals surface area contributed by atoms with Gasteiger partial charge in [0, 0.05) is 23.1 Å². The van der Waals surface area contributed by atoms with E-state index in [1.165, 1.54) is 16.7 Å². The molecule has 7 nitrogen and oxygen atoms in total. The highest BCUT2D eigenvalue weighted by Crippen LogP contribution is 2.46. The number of ether oxygens (including phenoxy) is 1. The zero-order valence-corrected chi connectivity index (χ0v) is 19.8. The first-order chi connectivity index (χ1) is 15.3. The van der Waals surface area contributed by atoms with E-state index in [4.69, 9.17) is 4.74 Å². The fraction of sp³-hybridized carbons (Fsp3) is 0.304. The SMILES string of the molecule is CC(C)n1ncnc1N1CC2=C(CCOc3ccc(-c4ccc(S(C)(=O)=O)cc4)cc32)S1. The second kappa shape index (κ2) is 7.97. The van der Waals surface area contributed by atoms with Crippen molar-refractivity contribution in [2.75, 3.05) is 23.7 Å². The van der Waals surface area contributed by atoms with Crippen molar-refractivity contribution >= 4 is 33.3 Å². The predicted molar refractivity (Wildman–Crippen MR) is 127 cm³/mol. The molecule has 1 aromatic heterocycles. The number of rotatable bonds is 4. The van der Waals surface area contributed by atoms with Crippen LogP contribution < -0.4 is 9.04 Å². The predicted octanol–water partition coefficient (Wildman–Crippen LogP) is 4.59. The van der Waals surface area contributed by atoms with Crippen LogP contribution in [0.25, 0.3) is 16.7 Å². The average molecular weight is 469 g/mol. The van der Waals surface area contributed by atoms with Crippen LogP contribution in [0.5, 0.6) is 5.75 Å². The lowest BCUT2D eigenvalue weighted by Crippen LogP contribution is -2.19. The maximum atomic E-state index is 11.8. The smallest absolute Gasteiger partial charge is 0.234 e. The number of benzene rings is 2. The van der Waals surface area contributed by atoms with Crippen molar-refractivity contribution in [3.05, 3.63) is 59.3 Å². The van der Waals surface area contributed by atoms with Crippen molar-refractivity contribution in [2.45, 2.75) is 31.2 Å². The third-order valence-corrected chi connectivity index (χ3v) is 7.94. The number of aromatic nitrogens is 3. The minimum atomic E-state index is -3.22. The summed E-state index contributed by atoms with van der Waals surface area (Å²) in [6.07, 6.45) is 3.67. The molecule has 5 rings (SSSR count). The molecule has 2 aliphatic rings. The molecule has 2 aromatic carbocycles. The van der Waals surface area contributed by atoms with Gasteiger partial charge in [-0.05, 0) is 66.8 Å². The molecule has 0 saturated carbocycles. The van der Waals surface area contributed by atoms with Crippen LogP contribution in [0.4, 0.5) is 5.95 Å². The molecule has 3 aromatic rings. The van der Waals surface area contributed by atoms with Gasteiger partial charge in [-0.25, -0.2) is 13.1 Å². The molecule has 0 radical (unpaired) electrons. The number of sulfone groups is 1. The monoisotopic (exact) mass is 468 g/mol. The van der Waals surface area contributed by atoms with Gasteiger partial charge in [0.1, 0.15) is 12.1 Å².